The number of nitrogens with zero attached hydrogens (tertiary/aromatic N) is 1. The smallest absolute Gasteiger partial charge is 0.261 e. The molecule has 6 nitrogen and oxygen atoms in total. The van der Waals surface area contributed by atoms with E-state index in [1.165, 1.54) is 29.5 Å². The number of rotatable bonds is 7. The molecule has 28 heavy (non-hydrogen) atoms. The highest BCUT2D eigenvalue weighted by molar-refractivity contribution is 7.12. The van der Waals surface area contributed by atoms with Crippen LogP contribution in [-0.4, -0.2) is 22.8 Å². The third-order valence-electron chi connectivity index (χ3n) is 3.80. The third kappa shape index (κ3) is 5.14. The van der Waals surface area contributed by atoms with E-state index < -0.39 is 11.9 Å². The maximum absolute atomic E-state index is 13.3. The first-order valence-electron chi connectivity index (χ1n) is 8.52. The van der Waals surface area contributed by atoms with Crippen molar-refractivity contribution >= 4 is 23.2 Å². The van der Waals surface area contributed by atoms with E-state index in [1.54, 1.807) is 48.8 Å². The van der Waals surface area contributed by atoms with E-state index in [2.05, 4.69) is 15.6 Å². The number of amides is 2. The van der Waals surface area contributed by atoms with Crippen LogP contribution < -0.4 is 15.4 Å². The van der Waals surface area contributed by atoms with Crippen LogP contribution in [0.4, 0.5) is 4.39 Å². The van der Waals surface area contributed by atoms with E-state index in [9.17, 15) is 14.0 Å². The van der Waals surface area contributed by atoms with Gasteiger partial charge >= 0.3 is 0 Å². The van der Waals surface area contributed by atoms with Gasteiger partial charge in [-0.05, 0) is 36.6 Å². The molecule has 2 amide bonds. The molecule has 1 aromatic carbocycles. The van der Waals surface area contributed by atoms with Crippen LogP contribution >= 0.6 is 11.3 Å². The Morgan fingerprint density at radius 3 is 2.82 bits per heavy atom. The number of nitrogens with one attached hydrogen (secondary N) is 2. The summed E-state index contributed by atoms with van der Waals surface area (Å²) in [6, 6.07) is 11.9. The number of thiophene rings is 1. The Kier molecular flexibility index (Phi) is 6.33. The fourth-order valence-electron chi connectivity index (χ4n) is 2.37. The molecule has 0 aliphatic heterocycles. The summed E-state index contributed by atoms with van der Waals surface area (Å²) in [5.74, 6) is -0.482. The molecule has 3 rings (SSSR count). The van der Waals surface area contributed by atoms with Crippen LogP contribution in [0.5, 0.6) is 11.6 Å². The van der Waals surface area contributed by atoms with Gasteiger partial charge in [0.15, 0.2) is 0 Å². The van der Waals surface area contributed by atoms with Crippen LogP contribution in [0, 0.1) is 5.82 Å². The van der Waals surface area contributed by atoms with Gasteiger partial charge in [-0.15, -0.1) is 11.3 Å². The molecule has 0 aliphatic rings. The molecule has 0 unspecified atom stereocenters. The van der Waals surface area contributed by atoms with Crippen molar-refractivity contribution in [1.82, 2.24) is 15.6 Å². The lowest BCUT2D eigenvalue weighted by molar-refractivity contribution is -0.122. The summed E-state index contributed by atoms with van der Waals surface area (Å²) in [6.07, 6.45) is 1.55. The van der Waals surface area contributed by atoms with Gasteiger partial charge in [-0.2, -0.15) is 0 Å². The third-order valence-corrected chi connectivity index (χ3v) is 4.67. The number of benzene rings is 1. The normalized spacial score (nSPS) is 11.5. The summed E-state index contributed by atoms with van der Waals surface area (Å²) in [4.78, 5) is 29.0. The molecule has 0 bridgehead atoms. The molecule has 0 saturated heterocycles. The molecule has 0 aliphatic carbocycles. The number of aromatic nitrogens is 1. The second-order valence-electron chi connectivity index (χ2n) is 5.92. The van der Waals surface area contributed by atoms with E-state index in [0.717, 1.165) is 0 Å². The molecular weight excluding hydrogens is 381 g/mol. The number of carbonyl (C=O) groups is 2. The molecule has 1 atom stereocenters. The fraction of sp³-hybridized carbons (Fsp3) is 0.150. The van der Waals surface area contributed by atoms with Gasteiger partial charge in [0.25, 0.3) is 5.91 Å². The molecule has 0 saturated carbocycles. The van der Waals surface area contributed by atoms with Crippen LogP contribution in [0.1, 0.15) is 22.2 Å². The van der Waals surface area contributed by atoms with Gasteiger partial charge in [0, 0.05) is 24.4 Å². The maximum Gasteiger partial charge on any atom is 0.261 e. The van der Waals surface area contributed by atoms with Crippen LogP contribution in [0.3, 0.4) is 0 Å². The molecule has 144 valence electrons. The van der Waals surface area contributed by atoms with Crippen LogP contribution in [0.15, 0.2) is 60.1 Å². The Morgan fingerprint density at radius 2 is 2.07 bits per heavy atom. The fourth-order valence-corrected chi connectivity index (χ4v) is 3.00. The van der Waals surface area contributed by atoms with Crippen molar-refractivity contribution in [2.45, 2.75) is 19.5 Å². The molecular formula is C20H18FN3O3S. The zero-order chi connectivity index (χ0) is 19.9. The molecule has 2 N–H and O–H groups in total. The van der Waals surface area contributed by atoms with Crippen molar-refractivity contribution in [3.8, 4) is 11.6 Å². The predicted octanol–water partition coefficient (Wildman–Crippen LogP) is 3.51. The Hall–Kier alpha value is -3.26. The highest BCUT2D eigenvalue weighted by Crippen LogP contribution is 2.23. The maximum atomic E-state index is 13.3. The lowest BCUT2D eigenvalue weighted by Crippen LogP contribution is -2.44. The summed E-state index contributed by atoms with van der Waals surface area (Å²) in [5.41, 5.74) is 0.622. The first-order valence-corrected chi connectivity index (χ1v) is 9.40. The van der Waals surface area contributed by atoms with Gasteiger partial charge in [-0.1, -0.05) is 18.2 Å². The minimum atomic E-state index is -0.709. The molecule has 0 radical (unpaired) electrons. The van der Waals surface area contributed by atoms with E-state index >= 15 is 0 Å². The highest BCUT2D eigenvalue weighted by atomic mass is 32.1. The Labute approximate surface area is 165 Å². The highest BCUT2D eigenvalue weighted by Gasteiger charge is 2.17. The van der Waals surface area contributed by atoms with Crippen molar-refractivity contribution in [3.63, 3.8) is 0 Å². The minimum absolute atomic E-state index is 0.149. The minimum Gasteiger partial charge on any atom is -0.439 e. The lowest BCUT2D eigenvalue weighted by Gasteiger charge is -2.15. The van der Waals surface area contributed by atoms with Gasteiger partial charge in [0.2, 0.25) is 11.8 Å². The average Bonchev–Trinajstić information content (AvgIpc) is 3.22. The predicted molar refractivity (Wildman–Crippen MR) is 104 cm³/mol. The van der Waals surface area contributed by atoms with Crippen molar-refractivity contribution in [2.24, 2.45) is 0 Å². The number of hydrogen-bond donors (Lipinski definition) is 2. The Morgan fingerprint density at radius 1 is 1.21 bits per heavy atom. The Balaban J connectivity index is 1.59. The number of pyridine rings is 1. The van der Waals surface area contributed by atoms with E-state index in [0.29, 0.717) is 16.2 Å². The lowest BCUT2D eigenvalue weighted by atomic mass is 10.2. The topological polar surface area (TPSA) is 80.3 Å². The monoisotopic (exact) mass is 399 g/mol. The molecule has 2 aromatic heterocycles. The van der Waals surface area contributed by atoms with Gasteiger partial charge < -0.3 is 15.4 Å². The van der Waals surface area contributed by atoms with Gasteiger partial charge in [0.05, 0.1) is 4.88 Å². The summed E-state index contributed by atoms with van der Waals surface area (Å²) in [7, 11) is 0. The van der Waals surface area contributed by atoms with Gasteiger partial charge in [-0.3, -0.25) is 9.59 Å². The summed E-state index contributed by atoms with van der Waals surface area (Å²) in [5, 5.41) is 7.19. The zero-order valence-electron chi connectivity index (χ0n) is 15.0. The summed E-state index contributed by atoms with van der Waals surface area (Å²) in [6.45, 7) is 1.75. The van der Waals surface area contributed by atoms with Gasteiger partial charge in [-0.25, -0.2) is 9.37 Å². The van der Waals surface area contributed by atoms with Crippen molar-refractivity contribution in [2.75, 3.05) is 0 Å². The van der Waals surface area contributed by atoms with Crippen LogP contribution in [0.2, 0.25) is 0 Å². The van der Waals surface area contributed by atoms with Crippen molar-refractivity contribution < 1.29 is 18.7 Å². The SMILES string of the molecule is C[C@H](NC(=O)c1cccs1)C(=O)NCc1cccnc1Oc1cccc(F)c1. The first kappa shape index (κ1) is 19.5. The standard InChI is InChI=1S/C20H18FN3O3S/c1-13(24-19(26)17-8-4-10-28-17)18(25)23-12-14-5-3-9-22-20(14)27-16-7-2-6-15(21)11-16/h2-11,13H,12H2,1H3,(H,23,25)(H,24,26)/t13-/m0/s1. The van der Waals surface area contributed by atoms with Gasteiger partial charge in [0.1, 0.15) is 17.6 Å². The van der Waals surface area contributed by atoms with Crippen molar-refractivity contribution in [3.05, 3.63) is 76.4 Å². The number of halogens is 1. The summed E-state index contributed by atoms with van der Waals surface area (Å²) < 4.78 is 19.0. The molecule has 2 heterocycles. The van der Waals surface area contributed by atoms with E-state index in [1.807, 2.05) is 0 Å². The van der Waals surface area contributed by atoms with Crippen LogP contribution in [0.25, 0.3) is 0 Å². The quantitative estimate of drug-likeness (QED) is 0.637. The van der Waals surface area contributed by atoms with Crippen molar-refractivity contribution in [1.29, 1.82) is 0 Å². The molecule has 3 aromatic rings. The number of carbonyl (C=O) groups excluding carboxylic acids is 2. The van der Waals surface area contributed by atoms with Crippen LogP contribution in [-0.2, 0) is 11.3 Å². The number of ether oxygens (including phenoxy) is 1. The van der Waals surface area contributed by atoms with E-state index in [4.69, 9.17) is 4.74 Å². The largest absolute Gasteiger partial charge is 0.439 e. The van der Waals surface area contributed by atoms with E-state index in [-0.39, 0.29) is 24.2 Å². The first-order chi connectivity index (χ1) is 13.5. The molecule has 0 fully saturated rings. The number of hydrogen-bond acceptors (Lipinski definition) is 5. The Bertz CT molecular complexity index is 963. The second kappa shape index (κ2) is 9.09. The second-order valence-corrected chi connectivity index (χ2v) is 6.87. The summed E-state index contributed by atoms with van der Waals surface area (Å²) >= 11 is 1.30. The zero-order valence-corrected chi connectivity index (χ0v) is 15.8. The molecule has 8 heteroatoms. The molecule has 0 spiro atoms. The average molecular weight is 399 g/mol.